The van der Waals surface area contributed by atoms with Crippen molar-refractivity contribution in [2.75, 3.05) is 12.3 Å². The normalized spacial score (nSPS) is 25.2. The third kappa shape index (κ3) is 5.89. The Morgan fingerprint density at radius 2 is 2.03 bits per heavy atom. The molecule has 0 bridgehead atoms. The van der Waals surface area contributed by atoms with Gasteiger partial charge in [-0.3, -0.25) is 9.32 Å². The monoisotopic (exact) mass is 560 g/mol. The van der Waals surface area contributed by atoms with Gasteiger partial charge < -0.3 is 29.9 Å². The fourth-order valence-corrected chi connectivity index (χ4v) is 5.41. The van der Waals surface area contributed by atoms with E-state index in [-0.39, 0.29) is 22.9 Å². The molecule has 1 aliphatic heterocycles. The Kier molecular flexibility index (Phi) is 8.22. The maximum atomic E-state index is 13.8. The molecule has 1 unspecified atom stereocenters. The fourth-order valence-electron chi connectivity index (χ4n) is 3.88. The van der Waals surface area contributed by atoms with Crippen molar-refractivity contribution in [2.24, 2.45) is 0 Å². The summed E-state index contributed by atoms with van der Waals surface area (Å²) in [6.45, 7) is 4.06. The van der Waals surface area contributed by atoms with Crippen LogP contribution in [0.15, 0.2) is 42.9 Å². The third-order valence-electron chi connectivity index (χ3n) is 5.82. The number of fused-ring (bicyclic) bond motifs is 1. The van der Waals surface area contributed by atoms with E-state index in [1.54, 1.807) is 32.0 Å². The average Bonchev–Trinajstić information content (AvgIpc) is 3.43. The summed E-state index contributed by atoms with van der Waals surface area (Å²) in [4.78, 5) is 20.4. The number of nitrogens with two attached hydrogens (primary N) is 1. The number of rotatable bonds is 10. The van der Waals surface area contributed by atoms with Crippen LogP contribution in [-0.2, 0) is 23.4 Å². The number of aliphatic hydroxyl groups is 2. The molecule has 15 heteroatoms. The van der Waals surface area contributed by atoms with Gasteiger partial charge in [0, 0.05) is 0 Å². The minimum Gasteiger partial charge on any atom is -0.462 e. The summed E-state index contributed by atoms with van der Waals surface area (Å²) in [6.07, 6.45) is 3.41. The number of aliphatic hydroxyl groups excluding tert-OH is 2. The number of hydrogen-bond donors (Lipinski definition) is 4. The zero-order chi connectivity index (χ0) is 28.4. The Balaban J connectivity index is 1.59. The number of nitrogen functional groups attached to an aromatic ring is 1. The first-order chi connectivity index (χ1) is 18.5. The molecule has 0 radical (unpaired) electrons. The van der Waals surface area contributed by atoms with Gasteiger partial charge in [-0.05, 0) is 32.9 Å². The first kappa shape index (κ1) is 28.4. The molecule has 0 amide bonds. The minimum absolute atomic E-state index is 0.0889. The van der Waals surface area contributed by atoms with Crippen molar-refractivity contribution in [1.29, 1.82) is 0 Å². The van der Waals surface area contributed by atoms with E-state index < -0.39 is 56.4 Å². The van der Waals surface area contributed by atoms with Crippen molar-refractivity contribution < 1.29 is 38.1 Å². The number of carbonyl (C=O) groups is 1. The lowest BCUT2D eigenvalue weighted by atomic mass is 9.96. The van der Waals surface area contributed by atoms with Gasteiger partial charge in [-0.1, -0.05) is 24.1 Å². The van der Waals surface area contributed by atoms with E-state index in [1.165, 1.54) is 36.1 Å². The number of carbonyl (C=O) groups excluding carboxylic acids is 1. The van der Waals surface area contributed by atoms with Crippen molar-refractivity contribution in [2.45, 2.75) is 56.8 Å². The molecule has 208 valence electrons. The highest BCUT2D eigenvalue weighted by Gasteiger charge is 2.56. The van der Waals surface area contributed by atoms with Gasteiger partial charge in [0.05, 0.1) is 18.0 Å². The largest absolute Gasteiger partial charge is 0.462 e. The summed E-state index contributed by atoms with van der Waals surface area (Å²) in [5.41, 5.74) is 4.29. The van der Waals surface area contributed by atoms with E-state index in [0.29, 0.717) is 0 Å². The first-order valence-corrected chi connectivity index (χ1v) is 13.5. The van der Waals surface area contributed by atoms with Gasteiger partial charge in [0.25, 0.3) is 0 Å². The molecule has 3 aromatic rings. The number of imidazole rings is 1. The smallest absolute Gasteiger partial charge is 0.459 e. The number of nitrogens with zero attached hydrogens (tertiary/aromatic N) is 4. The number of esters is 1. The van der Waals surface area contributed by atoms with Crippen LogP contribution in [0.1, 0.15) is 32.6 Å². The summed E-state index contributed by atoms with van der Waals surface area (Å²) in [5.74, 6) is 1.87. The highest BCUT2D eigenvalue weighted by Crippen LogP contribution is 2.48. The van der Waals surface area contributed by atoms with E-state index in [0.717, 1.165) is 0 Å². The van der Waals surface area contributed by atoms with Crippen LogP contribution in [0.25, 0.3) is 5.65 Å². The first-order valence-electron chi connectivity index (χ1n) is 11.9. The highest BCUT2D eigenvalue weighted by molar-refractivity contribution is 7.52. The van der Waals surface area contributed by atoms with Crippen LogP contribution in [0.2, 0.25) is 0 Å². The Hall–Kier alpha value is -3.57. The number of para-hydroxylation sites is 1. The standard InChI is InChI=1S/C24H29N6O8P/c1-5-24(20(32)18(31)19(37-24)17-11-26-22-21(25)27-13-28-30(17)22)12-35-39(34,38-16-9-7-6-8-10-16)29-15(4)23(33)36-14(2)3/h1,6-11,13-15,18-20,31-32H,12H2,2-4H3,(H,29,34)(H2,25,27,28)/t15-,18?,19-,20+,24+,39-/m0/s1. The van der Waals surface area contributed by atoms with Crippen LogP contribution in [0, 0.1) is 12.3 Å². The van der Waals surface area contributed by atoms with Gasteiger partial charge in [-0.2, -0.15) is 10.2 Å². The Morgan fingerprint density at radius 1 is 1.31 bits per heavy atom. The van der Waals surface area contributed by atoms with Crippen molar-refractivity contribution in [3.05, 3.63) is 48.5 Å². The lowest BCUT2D eigenvalue weighted by molar-refractivity contribution is -0.149. The molecule has 0 spiro atoms. The van der Waals surface area contributed by atoms with Crippen LogP contribution in [0.3, 0.4) is 0 Å². The van der Waals surface area contributed by atoms with E-state index in [2.05, 4.69) is 26.1 Å². The Bertz CT molecular complexity index is 1410. The summed E-state index contributed by atoms with van der Waals surface area (Å²) < 4.78 is 37.5. The summed E-state index contributed by atoms with van der Waals surface area (Å²) in [5, 5.41) is 28.4. The molecule has 3 heterocycles. The van der Waals surface area contributed by atoms with Crippen molar-refractivity contribution in [3.8, 4) is 18.1 Å². The Labute approximate surface area is 224 Å². The van der Waals surface area contributed by atoms with Gasteiger partial charge in [0.15, 0.2) is 17.1 Å². The lowest BCUT2D eigenvalue weighted by Crippen LogP contribution is -2.46. The van der Waals surface area contributed by atoms with Crippen LogP contribution < -0.4 is 15.3 Å². The molecule has 2 aromatic heterocycles. The van der Waals surface area contributed by atoms with Gasteiger partial charge in [-0.25, -0.2) is 19.0 Å². The predicted octanol–water partition coefficient (Wildman–Crippen LogP) is 1.00. The molecule has 0 saturated carbocycles. The Morgan fingerprint density at radius 3 is 2.69 bits per heavy atom. The average molecular weight is 561 g/mol. The van der Waals surface area contributed by atoms with E-state index in [9.17, 15) is 19.6 Å². The van der Waals surface area contributed by atoms with Crippen molar-refractivity contribution in [3.63, 3.8) is 0 Å². The lowest BCUT2D eigenvalue weighted by Gasteiger charge is -2.29. The maximum absolute atomic E-state index is 13.8. The molecule has 39 heavy (non-hydrogen) atoms. The van der Waals surface area contributed by atoms with E-state index in [4.69, 9.17) is 30.7 Å². The van der Waals surface area contributed by atoms with Crippen LogP contribution in [0.4, 0.5) is 5.82 Å². The molecular formula is C24H29N6O8P. The zero-order valence-corrected chi connectivity index (χ0v) is 22.3. The van der Waals surface area contributed by atoms with E-state index >= 15 is 0 Å². The second-order valence-electron chi connectivity index (χ2n) is 9.08. The van der Waals surface area contributed by atoms with Crippen LogP contribution in [-0.4, -0.2) is 72.3 Å². The maximum Gasteiger partial charge on any atom is 0.459 e. The number of aromatic nitrogens is 4. The number of terminal acetylenes is 1. The van der Waals surface area contributed by atoms with Gasteiger partial charge in [0.2, 0.25) is 0 Å². The fraction of sp³-hybridized carbons (Fsp3) is 0.417. The third-order valence-corrected chi connectivity index (χ3v) is 7.44. The molecule has 1 saturated heterocycles. The van der Waals surface area contributed by atoms with Crippen molar-refractivity contribution in [1.82, 2.24) is 24.7 Å². The summed E-state index contributed by atoms with van der Waals surface area (Å²) in [6, 6.07) is 6.98. The van der Waals surface area contributed by atoms with Crippen LogP contribution >= 0.6 is 7.75 Å². The van der Waals surface area contributed by atoms with Gasteiger partial charge in [-0.15, -0.1) is 6.42 Å². The second kappa shape index (κ2) is 11.3. The number of nitrogens with one attached hydrogen (secondary N) is 1. The van der Waals surface area contributed by atoms with Gasteiger partial charge >= 0.3 is 13.7 Å². The summed E-state index contributed by atoms with van der Waals surface area (Å²) >= 11 is 0. The summed E-state index contributed by atoms with van der Waals surface area (Å²) in [7, 11) is -4.35. The number of benzene rings is 1. The zero-order valence-electron chi connectivity index (χ0n) is 21.4. The van der Waals surface area contributed by atoms with Gasteiger partial charge in [0.1, 0.15) is 43.0 Å². The SMILES string of the molecule is C#C[C@]1(CO[P@@](=O)(N[C@@H](C)C(=O)OC(C)C)Oc2ccccc2)O[C@@H](c2cnc3c(N)ncnn23)C(O)[C@H]1O. The van der Waals surface area contributed by atoms with E-state index in [1.807, 2.05) is 0 Å². The molecule has 14 nitrogen and oxygen atoms in total. The topological polar surface area (TPSA) is 193 Å². The molecule has 6 atom stereocenters. The molecule has 4 rings (SSSR count). The highest BCUT2D eigenvalue weighted by atomic mass is 31.2. The molecule has 5 N–H and O–H groups in total. The number of anilines is 1. The molecule has 1 fully saturated rings. The molecule has 1 aliphatic rings. The second-order valence-corrected chi connectivity index (χ2v) is 10.8. The quantitative estimate of drug-likeness (QED) is 0.156. The minimum atomic E-state index is -4.35. The number of hydrogen-bond acceptors (Lipinski definition) is 12. The van der Waals surface area contributed by atoms with Crippen molar-refractivity contribution >= 4 is 25.2 Å². The number of ether oxygens (including phenoxy) is 2. The molecule has 1 aromatic carbocycles. The predicted molar refractivity (Wildman–Crippen MR) is 137 cm³/mol. The molecular weight excluding hydrogens is 531 g/mol. The molecule has 0 aliphatic carbocycles. The van der Waals surface area contributed by atoms with Crippen LogP contribution in [0.5, 0.6) is 5.75 Å².